The first-order valence-electron chi connectivity index (χ1n) is 7.62. The monoisotopic (exact) mass is 366 g/mol. The number of benzene rings is 1. The minimum atomic E-state index is -0.464. The zero-order valence-electron chi connectivity index (χ0n) is 14.0. The van der Waals surface area contributed by atoms with Crippen molar-refractivity contribution in [2.24, 2.45) is 0 Å². The molecule has 8 heteroatoms. The van der Waals surface area contributed by atoms with E-state index in [9.17, 15) is 14.0 Å². The van der Waals surface area contributed by atoms with Crippen LogP contribution in [0.5, 0.6) is 0 Å². The number of esters is 1. The number of amides is 1. The second-order valence-electron chi connectivity index (χ2n) is 5.36. The lowest BCUT2D eigenvalue weighted by atomic mass is 10.2. The van der Waals surface area contributed by atoms with Crippen molar-refractivity contribution in [3.05, 3.63) is 52.7 Å². The van der Waals surface area contributed by atoms with Crippen LogP contribution in [0.1, 0.15) is 22.6 Å². The second kappa shape index (κ2) is 9.22. The van der Waals surface area contributed by atoms with Gasteiger partial charge in [-0.25, -0.2) is 4.39 Å². The number of hydrogen-bond acceptors (Lipinski definition) is 6. The first-order chi connectivity index (χ1) is 12.0. The summed E-state index contributed by atoms with van der Waals surface area (Å²) >= 11 is 1.37. The zero-order valence-corrected chi connectivity index (χ0v) is 14.8. The summed E-state index contributed by atoms with van der Waals surface area (Å²) in [6.07, 6.45) is 0. The van der Waals surface area contributed by atoms with Crippen LogP contribution in [0.25, 0.3) is 0 Å². The molecule has 0 aliphatic rings. The van der Waals surface area contributed by atoms with Crippen LogP contribution in [0.3, 0.4) is 0 Å². The molecule has 0 atom stereocenters. The largest absolute Gasteiger partial charge is 0.455 e. The molecular weight excluding hydrogens is 347 g/mol. The van der Waals surface area contributed by atoms with E-state index in [1.54, 1.807) is 12.1 Å². The summed E-state index contributed by atoms with van der Waals surface area (Å²) in [6, 6.07) is 5.79. The van der Waals surface area contributed by atoms with Crippen LogP contribution >= 0.6 is 11.8 Å². The number of aryl methyl sites for hydroxylation is 2. The molecule has 1 heterocycles. The Morgan fingerprint density at radius 1 is 1.28 bits per heavy atom. The number of thioether (sulfide) groups is 1. The quantitative estimate of drug-likeness (QED) is 0.723. The highest BCUT2D eigenvalue weighted by atomic mass is 32.2. The van der Waals surface area contributed by atoms with Crippen molar-refractivity contribution in [2.75, 3.05) is 12.4 Å². The fraction of sp³-hybridized carbons (Fsp3) is 0.353. The second-order valence-corrected chi connectivity index (χ2v) is 6.35. The van der Waals surface area contributed by atoms with E-state index in [2.05, 4.69) is 10.5 Å². The fourth-order valence-electron chi connectivity index (χ4n) is 1.99. The lowest BCUT2D eigenvalue weighted by Gasteiger charge is -2.07. The van der Waals surface area contributed by atoms with Crippen molar-refractivity contribution >= 4 is 23.6 Å². The molecule has 0 unspecified atom stereocenters. The molecule has 2 aromatic rings. The summed E-state index contributed by atoms with van der Waals surface area (Å²) < 4.78 is 22.7. The van der Waals surface area contributed by atoms with Gasteiger partial charge in [-0.1, -0.05) is 17.3 Å². The van der Waals surface area contributed by atoms with Gasteiger partial charge in [-0.15, -0.1) is 11.8 Å². The van der Waals surface area contributed by atoms with Gasteiger partial charge in [0.05, 0.1) is 11.4 Å². The third-order valence-corrected chi connectivity index (χ3v) is 4.35. The SMILES string of the molecule is Cc1noc(C)c1CSCC(=O)OCC(=O)NCc1ccc(F)cc1. The van der Waals surface area contributed by atoms with E-state index in [-0.39, 0.29) is 24.7 Å². The molecule has 0 saturated carbocycles. The van der Waals surface area contributed by atoms with Gasteiger partial charge in [-0.05, 0) is 31.5 Å². The third-order valence-electron chi connectivity index (χ3n) is 3.41. The van der Waals surface area contributed by atoms with E-state index in [4.69, 9.17) is 9.26 Å². The van der Waals surface area contributed by atoms with Crippen LogP contribution in [-0.4, -0.2) is 29.4 Å². The van der Waals surface area contributed by atoms with Gasteiger partial charge in [0, 0.05) is 17.9 Å². The first kappa shape index (κ1) is 19.0. The standard InChI is InChI=1S/C17H19FN2O4S/c1-11-15(12(2)24-20-11)9-25-10-17(22)23-8-16(21)19-7-13-3-5-14(18)6-4-13/h3-6H,7-10H2,1-2H3,(H,19,21). The highest BCUT2D eigenvalue weighted by molar-refractivity contribution is 7.99. The van der Waals surface area contributed by atoms with E-state index < -0.39 is 11.9 Å². The van der Waals surface area contributed by atoms with Gasteiger partial charge in [-0.2, -0.15) is 0 Å². The number of nitrogens with zero attached hydrogens (tertiary/aromatic N) is 1. The van der Waals surface area contributed by atoms with Crippen LogP contribution < -0.4 is 5.32 Å². The van der Waals surface area contributed by atoms with Crippen molar-refractivity contribution in [1.29, 1.82) is 0 Å². The number of rotatable bonds is 8. The van der Waals surface area contributed by atoms with E-state index in [1.165, 1.54) is 23.9 Å². The molecule has 0 saturated heterocycles. The number of hydrogen-bond donors (Lipinski definition) is 1. The lowest BCUT2D eigenvalue weighted by molar-refractivity contribution is -0.145. The molecule has 134 valence electrons. The normalized spacial score (nSPS) is 10.5. The Bertz CT molecular complexity index is 711. The van der Waals surface area contributed by atoms with E-state index >= 15 is 0 Å². The van der Waals surface area contributed by atoms with Crippen LogP contribution in [0.4, 0.5) is 4.39 Å². The van der Waals surface area contributed by atoms with Gasteiger partial charge >= 0.3 is 5.97 Å². The van der Waals surface area contributed by atoms with Crippen LogP contribution in [0, 0.1) is 19.7 Å². The Labute approximate surface area is 149 Å². The van der Waals surface area contributed by atoms with E-state index in [0.717, 1.165) is 22.6 Å². The molecule has 0 radical (unpaired) electrons. The fourth-order valence-corrected chi connectivity index (χ4v) is 2.95. The number of carbonyl (C=O) groups is 2. The third kappa shape index (κ3) is 6.22. The van der Waals surface area contributed by atoms with Gasteiger partial charge in [0.2, 0.25) is 0 Å². The Hall–Kier alpha value is -2.35. The molecule has 25 heavy (non-hydrogen) atoms. The van der Waals surface area contributed by atoms with Gasteiger partial charge in [-0.3, -0.25) is 9.59 Å². The van der Waals surface area contributed by atoms with E-state index in [0.29, 0.717) is 5.75 Å². The Morgan fingerprint density at radius 3 is 2.64 bits per heavy atom. The van der Waals surface area contributed by atoms with Crippen LogP contribution in [-0.2, 0) is 26.6 Å². The minimum Gasteiger partial charge on any atom is -0.455 e. The van der Waals surface area contributed by atoms with Gasteiger partial charge in [0.25, 0.3) is 5.91 Å². The highest BCUT2D eigenvalue weighted by Crippen LogP contribution is 2.19. The molecule has 0 fully saturated rings. The van der Waals surface area contributed by atoms with Crippen LogP contribution in [0.2, 0.25) is 0 Å². The number of carbonyl (C=O) groups excluding carboxylic acids is 2. The molecular formula is C17H19FN2O4S. The smallest absolute Gasteiger partial charge is 0.316 e. The molecule has 0 bridgehead atoms. The number of aromatic nitrogens is 1. The molecule has 2 rings (SSSR count). The number of nitrogens with one attached hydrogen (secondary N) is 1. The maximum Gasteiger partial charge on any atom is 0.316 e. The molecule has 1 aromatic heterocycles. The summed E-state index contributed by atoms with van der Waals surface area (Å²) in [4.78, 5) is 23.3. The lowest BCUT2D eigenvalue weighted by Crippen LogP contribution is -2.28. The zero-order chi connectivity index (χ0) is 18.2. The summed E-state index contributed by atoms with van der Waals surface area (Å²) in [5.41, 5.74) is 2.53. The van der Waals surface area contributed by atoms with Crippen LogP contribution in [0.15, 0.2) is 28.8 Å². The molecule has 0 spiro atoms. The van der Waals surface area contributed by atoms with E-state index in [1.807, 2.05) is 13.8 Å². The number of ether oxygens (including phenoxy) is 1. The van der Waals surface area contributed by atoms with Gasteiger partial charge in [0.15, 0.2) is 6.61 Å². The molecule has 0 aliphatic carbocycles. The summed E-state index contributed by atoms with van der Waals surface area (Å²) in [5.74, 6) is 0.251. The van der Waals surface area contributed by atoms with Gasteiger partial charge in [0.1, 0.15) is 11.6 Å². The minimum absolute atomic E-state index is 0.134. The maximum atomic E-state index is 12.8. The molecule has 1 N–H and O–H groups in total. The average molecular weight is 366 g/mol. The Morgan fingerprint density at radius 2 is 2.00 bits per heavy atom. The van der Waals surface area contributed by atoms with Crippen molar-refractivity contribution in [1.82, 2.24) is 10.5 Å². The van der Waals surface area contributed by atoms with Gasteiger partial charge < -0.3 is 14.6 Å². The topological polar surface area (TPSA) is 81.4 Å². The summed E-state index contributed by atoms with van der Waals surface area (Å²) in [7, 11) is 0. The van der Waals surface area contributed by atoms with Crippen molar-refractivity contribution < 1.29 is 23.2 Å². The predicted molar refractivity (Wildman–Crippen MR) is 91.3 cm³/mol. The highest BCUT2D eigenvalue weighted by Gasteiger charge is 2.11. The number of halogens is 1. The summed E-state index contributed by atoms with van der Waals surface area (Å²) in [5, 5.41) is 6.45. The maximum absolute atomic E-state index is 12.8. The molecule has 1 aromatic carbocycles. The van der Waals surface area contributed by atoms with Crippen molar-refractivity contribution in [2.45, 2.75) is 26.1 Å². The summed E-state index contributed by atoms with van der Waals surface area (Å²) in [6.45, 7) is 3.57. The van der Waals surface area contributed by atoms with Crippen molar-refractivity contribution in [3.63, 3.8) is 0 Å². The first-order valence-corrected chi connectivity index (χ1v) is 8.77. The molecule has 1 amide bonds. The molecule has 6 nitrogen and oxygen atoms in total. The Balaban J connectivity index is 1.62. The van der Waals surface area contributed by atoms with Crippen molar-refractivity contribution in [3.8, 4) is 0 Å². The Kier molecular flexibility index (Phi) is 7.00. The predicted octanol–water partition coefficient (Wildman–Crippen LogP) is 2.52. The molecule has 0 aliphatic heterocycles. The average Bonchev–Trinajstić information content (AvgIpc) is 2.91.